The third-order valence-corrected chi connectivity index (χ3v) is 5.78. The molecule has 5 nitrogen and oxygen atoms in total. The Balaban J connectivity index is 1.27. The number of halogens is 3. The lowest BCUT2D eigenvalue weighted by Crippen LogP contribution is -2.42. The first-order valence-electron chi connectivity index (χ1n) is 10.8. The fourth-order valence-corrected chi connectivity index (χ4v) is 3.90. The number of hydrogen-bond donors (Lipinski definition) is 2. The van der Waals surface area contributed by atoms with Crippen LogP contribution in [0, 0.1) is 0 Å². The van der Waals surface area contributed by atoms with Crippen LogP contribution in [0.2, 0.25) is 0 Å². The van der Waals surface area contributed by atoms with E-state index in [1.165, 1.54) is 12.1 Å². The zero-order chi connectivity index (χ0) is 23.3. The minimum atomic E-state index is -4.31. The largest absolute Gasteiger partial charge is 0.416 e. The van der Waals surface area contributed by atoms with Crippen molar-refractivity contribution in [3.63, 3.8) is 0 Å². The fourth-order valence-electron chi connectivity index (χ4n) is 3.90. The van der Waals surface area contributed by atoms with Crippen LogP contribution in [-0.2, 0) is 12.7 Å². The summed E-state index contributed by atoms with van der Waals surface area (Å²) < 4.78 is 38.1. The van der Waals surface area contributed by atoms with E-state index in [-0.39, 0.29) is 5.91 Å². The van der Waals surface area contributed by atoms with E-state index < -0.39 is 11.7 Å². The lowest BCUT2D eigenvalue weighted by Gasteiger charge is -2.34. The summed E-state index contributed by atoms with van der Waals surface area (Å²) in [7, 11) is 0. The topological polar surface area (TPSA) is 57.3 Å². The van der Waals surface area contributed by atoms with E-state index in [9.17, 15) is 18.0 Å². The Morgan fingerprint density at radius 1 is 1.00 bits per heavy atom. The second-order valence-electron chi connectivity index (χ2n) is 8.08. The number of pyridine rings is 1. The first-order valence-corrected chi connectivity index (χ1v) is 10.8. The summed E-state index contributed by atoms with van der Waals surface area (Å²) in [4.78, 5) is 18.6. The van der Waals surface area contributed by atoms with Gasteiger partial charge in [0.2, 0.25) is 0 Å². The Kier molecular flexibility index (Phi) is 6.93. The molecule has 172 valence electrons. The van der Waals surface area contributed by atoms with Crippen molar-refractivity contribution < 1.29 is 18.0 Å². The number of benzene rings is 2. The molecule has 1 amide bonds. The molecule has 1 aromatic heterocycles. The second kappa shape index (κ2) is 10.0. The maximum absolute atomic E-state index is 12.7. The molecule has 0 spiro atoms. The van der Waals surface area contributed by atoms with Crippen LogP contribution in [-0.4, -0.2) is 30.0 Å². The van der Waals surface area contributed by atoms with Crippen LogP contribution in [0.3, 0.4) is 0 Å². The second-order valence-corrected chi connectivity index (χ2v) is 8.08. The third-order valence-electron chi connectivity index (χ3n) is 5.78. The monoisotopic (exact) mass is 454 g/mol. The fraction of sp³-hybridized carbons (Fsp3) is 0.280. The van der Waals surface area contributed by atoms with E-state index in [0.717, 1.165) is 55.0 Å². The van der Waals surface area contributed by atoms with Crippen LogP contribution < -0.4 is 15.5 Å². The molecule has 1 fully saturated rings. The van der Waals surface area contributed by atoms with E-state index in [0.29, 0.717) is 18.2 Å². The Morgan fingerprint density at radius 2 is 1.70 bits per heavy atom. The molecule has 2 heterocycles. The summed E-state index contributed by atoms with van der Waals surface area (Å²) in [6.07, 6.45) is 0.711. The van der Waals surface area contributed by atoms with Gasteiger partial charge in [-0.2, -0.15) is 13.2 Å². The number of carbonyl (C=O) groups excluding carboxylic acids is 1. The third kappa shape index (κ3) is 6.10. The smallest absolute Gasteiger partial charge is 0.371 e. The van der Waals surface area contributed by atoms with E-state index in [1.807, 2.05) is 24.3 Å². The highest BCUT2D eigenvalue weighted by molar-refractivity contribution is 6.04. The molecule has 3 aromatic rings. The van der Waals surface area contributed by atoms with Crippen molar-refractivity contribution in [3.8, 4) is 0 Å². The molecule has 1 aliphatic heterocycles. The van der Waals surface area contributed by atoms with Crippen molar-refractivity contribution >= 4 is 17.3 Å². The maximum atomic E-state index is 12.7. The van der Waals surface area contributed by atoms with Gasteiger partial charge in [0.25, 0.3) is 5.91 Å². The predicted molar refractivity (Wildman–Crippen MR) is 122 cm³/mol. The van der Waals surface area contributed by atoms with Crippen LogP contribution in [0.15, 0.2) is 73.1 Å². The molecule has 33 heavy (non-hydrogen) atoms. The van der Waals surface area contributed by atoms with Crippen molar-refractivity contribution in [2.75, 3.05) is 23.3 Å². The zero-order valence-electron chi connectivity index (χ0n) is 18.0. The van der Waals surface area contributed by atoms with Crippen molar-refractivity contribution in [2.24, 2.45) is 0 Å². The molecule has 2 N–H and O–H groups in total. The van der Waals surface area contributed by atoms with Crippen LogP contribution in [0.1, 0.15) is 34.3 Å². The summed E-state index contributed by atoms with van der Waals surface area (Å²) in [5.74, 6) is -0.180. The number of hydrogen-bond acceptors (Lipinski definition) is 4. The molecule has 0 aliphatic carbocycles. The van der Waals surface area contributed by atoms with Gasteiger partial charge in [-0.1, -0.05) is 18.2 Å². The molecule has 0 unspecified atom stereocenters. The Bertz CT molecular complexity index is 1060. The molecular weight excluding hydrogens is 429 g/mol. The van der Waals surface area contributed by atoms with Crippen LogP contribution in [0.5, 0.6) is 0 Å². The first-order chi connectivity index (χ1) is 15.9. The number of carbonyl (C=O) groups is 1. The molecule has 0 saturated carbocycles. The molecular formula is C25H25F3N4O. The van der Waals surface area contributed by atoms with Gasteiger partial charge in [-0.3, -0.25) is 9.78 Å². The number of rotatable bonds is 6. The number of anilines is 2. The number of aromatic nitrogens is 1. The normalized spacial score (nSPS) is 14.8. The minimum absolute atomic E-state index is 0.180. The average Bonchev–Trinajstić information content (AvgIpc) is 2.83. The number of amides is 1. The van der Waals surface area contributed by atoms with Gasteiger partial charge in [0.1, 0.15) is 0 Å². The van der Waals surface area contributed by atoms with E-state index in [4.69, 9.17) is 0 Å². The number of nitrogens with one attached hydrogen (secondary N) is 2. The minimum Gasteiger partial charge on any atom is -0.371 e. The highest BCUT2D eigenvalue weighted by Gasteiger charge is 2.30. The van der Waals surface area contributed by atoms with Crippen LogP contribution in [0.25, 0.3) is 0 Å². The molecule has 4 rings (SSSR count). The highest BCUT2D eigenvalue weighted by atomic mass is 19.4. The molecule has 1 saturated heterocycles. The van der Waals surface area contributed by atoms with E-state index in [1.54, 1.807) is 24.5 Å². The SMILES string of the molecule is O=C(Nc1cccc(N2CCC(NCc3ccc(C(F)(F)F)cc3)CC2)c1)c1ccncc1. The number of piperidine rings is 1. The predicted octanol–water partition coefficient (Wildman–Crippen LogP) is 5.11. The van der Waals surface area contributed by atoms with Gasteiger partial charge >= 0.3 is 6.18 Å². The van der Waals surface area contributed by atoms with Crippen LogP contribution in [0.4, 0.5) is 24.5 Å². The van der Waals surface area contributed by atoms with E-state index in [2.05, 4.69) is 20.5 Å². The summed E-state index contributed by atoms with van der Waals surface area (Å²) in [5, 5.41) is 6.38. The average molecular weight is 454 g/mol. The summed E-state index contributed by atoms with van der Waals surface area (Å²) in [6, 6.07) is 16.7. The van der Waals surface area contributed by atoms with Gasteiger partial charge in [-0.15, -0.1) is 0 Å². The zero-order valence-corrected chi connectivity index (χ0v) is 18.0. The quantitative estimate of drug-likeness (QED) is 0.544. The molecule has 2 aromatic carbocycles. The summed E-state index contributed by atoms with van der Waals surface area (Å²) in [5.41, 5.74) is 2.54. The van der Waals surface area contributed by atoms with E-state index >= 15 is 0 Å². The van der Waals surface area contributed by atoms with Gasteiger partial charge in [-0.25, -0.2) is 0 Å². The molecule has 0 radical (unpaired) electrons. The Hall–Kier alpha value is -3.39. The first kappa shape index (κ1) is 22.8. The van der Waals surface area contributed by atoms with Crippen molar-refractivity contribution in [1.82, 2.24) is 10.3 Å². The Labute approximate surface area is 190 Å². The Morgan fingerprint density at radius 3 is 2.36 bits per heavy atom. The van der Waals surface area contributed by atoms with Crippen molar-refractivity contribution in [3.05, 3.63) is 89.7 Å². The van der Waals surface area contributed by atoms with Gasteiger partial charge in [0, 0.05) is 55.0 Å². The van der Waals surface area contributed by atoms with Gasteiger partial charge in [-0.05, 0) is 60.9 Å². The van der Waals surface area contributed by atoms with Crippen LogP contribution >= 0.6 is 0 Å². The van der Waals surface area contributed by atoms with Crippen molar-refractivity contribution in [2.45, 2.75) is 31.6 Å². The van der Waals surface area contributed by atoms with Gasteiger partial charge in [0.15, 0.2) is 0 Å². The lowest BCUT2D eigenvalue weighted by molar-refractivity contribution is -0.137. The maximum Gasteiger partial charge on any atom is 0.416 e. The summed E-state index contributed by atoms with van der Waals surface area (Å²) >= 11 is 0. The number of nitrogens with zero attached hydrogens (tertiary/aromatic N) is 2. The molecule has 1 aliphatic rings. The number of alkyl halides is 3. The highest BCUT2D eigenvalue weighted by Crippen LogP contribution is 2.29. The van der Waals surface area contributed by atoms with Gasteiger partial charge in [0.05, 0.1) is 5.56 Å². The summed E-state index contributed by atoms with van der Waals surface area (Å²) in [6.45, 7) is 2.25. The molecule has 0 bridgehead atoms. The molecule has 8 heteroatoms. The van der Waals surface area contributed by atoms with Gasteiger partial charge < -0.3 is 15.5 Å². The standard InChI is InChI=1S/C25H25F3N4O/c26-25(27,28)20-6-4-18(5-7-20)17-30-21-10-14-32(15-11-21)23-3-1-2-22(16-23)31-24(33)19-8-12-29-13-9-19/h1-9,12-13,16,21,30H,10-11,14-15,17H2,(H,31,33). The lowest BCUT2D eigenvalue weighted by atomic mass is 10.0. The van der Waals surface area contributed by atoms with Crippen molar-refractivity contribution in [1.29, 1.82) is 0 Å². The molecule has 0 atom stereocenters.